The average molecular weight is 657 g/mol. The third kappa shape index (κ3) is 6.33. The van der Waals surface area contributed by atoms with Gasteiger partial charge in [-0.25, -0.2) is 13.8 Å². The fraction of sp³-hybridized carbons (Fsp3) is 0.172. The predicted molar refractivity (Wildman–Crippen MR) is 159 cm³/mol. The summed E-state index contributed by atoms with van der Waals surface area (Å²) < 4.78 is 41.7. The molecule has 1 aliphatic heterocycles. The molecular formula is C29H21Cl2F3N8O3. The van der Waals surface area contributed by atoms with Gasteiger partial charge in [0, 0.05) is 28.7 Å². The van der Waals surface area contributed by atoms with Crippen LogP contribution < -0.4 is 10.2 Å². The van der Waals surface area contributed by atoms with E-state index in [1.165, 1.54) is 64.3 Å². The Balaban J connectivity index is 1.29. The number of carbonyl (C=O) groups excluding carboxylic acids is 3. The Morgan fingerprint density at radius 3 is 2.42 bits per heavy atom. The van der Waals surface area contributed by atoms with E-state index >= 15 is 0 Å². The number of rotatable bonds is 8. The summed E-state index contributed by atoms with van der Waals surface area (Å²) in [5.41, 5.74) is 1.76. The summed E-state index contributed by atoms with van der Waals surface area (Å²) in [6.45, 7) is -3.74. The number of aromatic nitrogens is 5. The van der Waals surface area contributed by atoms with Crippen LogP contribution in [0.5, 0.6) is 0 Å². The van der Waals surface area contributed by atoms with Gasteiger partial charge in [-0.1, -0.05) is 40.5 Å². The summed E-state index contributed by atoms with van der Waals surface area (Å²) >= 11 is 12.2. The van der Waals surface area contributed by atoms with E-state index in [-0.39, 0.29) is 22.9 Å². The highest BCUT2D eigenvalue weighted by molar-refractivity contribution is 6.31. The molecule has 2 aromatic heterocycles. The standard InChI is InChI=1S/C29H21Cl2F3N8O3/c30-18-3-8-22(41-13-25(31)36-38-41)23(11-18)39-14-27(44)40(15-26(39)43)24(9-16-1-4-19(32)5-2-16)28(45)35-20-6-7-21-17(10-20)12-42(37-21)29(33)34/h1-8,10-13,24,29H,9,14-15H2,(H,35,45). The van der Waals surface area contributed by atoms with E-state index in [1.807, 2.05) is 0 Å². The average Bonchev–Trinajstić information content (AvgIpc) is 3.64. The van der Waals surface area contributed by atoms with E-state index in [2.05, 4.69) is 20.7 Å². The van der Waals surface area contributed by atoms with Gasteiger partial charge in [-0.15, -0.1) is 5.10 Å². The molecule has 1 fully saturated rings. The number of anilines is 2. The van der Waals surface area contributed by atoms with Gasteiger partial charge < -0.3 is 10.2 Å². The number of amides is 3. The number of alkyl halides is 2. The Hall–Kier alpha value is -4.95. The molecule has 1 saturated heterocycles. The molecule has 0 bridgehead atoms. The van der Waals surface area contributed by atoms with Crippen molar-refractivity contribution in [2.45, 2.75) is 19.0 Å². The highest BCUT2D eigenvalue weighted by Crippen LogP contribution is 2.31. The number of nitrogens with one attached hydrogen (secondary N) is 1. The van der Waals surface area contributed by atoms with Gasteiger partial charge in [0.2, 0.25) is 17.7 Å². The summed E-state index contributed by atoms with van der Waals surface area (Å²) in [4.78, 5) is 43.4. The first-order chi connectivity index (χ1) is 21.5. The van der Waals surface area contributed by atoms with Crippen LogP contribution >= 0.6 is 23.2 Å². The fourth-order valence-electron chi connectivity index (χ4n) is 5.04. The molecule has 0 spiro atoms. The first-order valence-electron chi connectivity index (χ1n) is 13.4. The molecule has 16 heteroatoms. The quantitative estimate of drug-likeness (QED) is 0.254. The van der Waals surface area contributed by atoms with Crippen LogP contribution in [0.1, 0.15) is 12.1 Å². The Morgan fingerprint density at radius 2 is 1.71 bits per heavy atom. The molecule has 1 atom stereocenters. The van der Waals surface area contributed by atoms with Crippen molar-refractivity contribution in [2.24, 2.45) is 0 Å². The van der Waals surface area contributed by atoms with Crippen molar-refractivity contribution in [3.05, 3.63) is 94.6 Å². The molecule has 6 rings (SSSR count). The van der Waals surface area contributed by atoms with Crippen molar-refractivity contribution in [3.8, 4) is 5.69 Å². The summed E-state index contributed by atoms with van der Waals surface area (Å²) in [6, 6.07) is 13.3. The highest BCUT2D eigenvalue weighted by Gasteiger charge is 2.39. The molecule has 1 unspecified atom stereocenters. The van der Waals surface area contributed by atoms with E-state index < -0.39 is 49.2 Å². The lowest BCUT2D eigenvalue weighted by Crippen LogP contribution is -2.60. The van der Waals surface area contributed by atoms with Crippen LogP contribution in [-0.2, 0) is 20.8 Å². The van der Waals surface area contributed by atoms with Gasteiger partial charge in [0.15, 0.2) is 5.15 Å². The fourth-order valence-corrected chi connectivity index (χ4v) is 5.33. The Labute approximate surface area is 262 Å². The second kappa shape index (κ2) is 12.2. The summed E-state index contributed by atoms with van der Waals surface area (Å²) in [6.07, 6.45) is 2.52. The molecular weight excluding hydrogens is 636 g/mol. The van der Waals surface area contributed by atoms with E-state index in [4.69, 9.17) is 23.2 Å². The summed E-state index contributed by atoms with van der Waals surface area (Å²) in [5, 5.41) is 15.0. The maximum Gasteiger partial charge on any atom is 0.333 e. The molecule has 3 heterocycles. The molecule has 11 nitrogen and oxygen atoms in total. The van der Waals surface area contributed by atoms with Gasteiger partial charge in [-0.3, -0.25) is 19.3 Å². The molecule has 0 aliphatic carbocycles. The maximum atomic E-state index is 13.7. The van der Waals surface area contributed by atoms with Crippen molar-refractivity contribution in [3.63, 3.8) is 0 Å². The topological polar surface area (TPSA) is 118 Å². The number of piperazine rings is 1. The van der Waals surface area contributed by atoms with Crippen LogP contribution in [0.25, 0.3) is 16.6 Å². The minimum absolute atomic E-state index is 0.0451. The molecule has 45 heavy (non-hydrogen) atoms. The SMILES string of the molecule is O=C(Nc1ccc2nn(C(F)F)cc2c1)C(Cc1ccc(F)cc1)N1CC(=O)N(c2cc(Cl)ccc2-n2cc(Cl)nn2)CC1=O. The zero-order valence-corrected chi connectivity index (χ0v) is 24.5. The number of halogens is 5. The van der Waals surface area contributed by atoms with E-state index in [9.17, 15) is 27.6 Å². The first-order valence-corrected chi connectivity index (χ1v) is 14.1. The molecule has 5 aromatic rings. The molecule has 0 radical (unpaired) electrons. The number of hydrogen-bond acceptors (Lipinski definition) is 6. The second-order valence-electron chi connectivity index (χ2n) is 10.1. The molecule has 230 valence electrons. The Bertz CT molecular complexity index is 1930. The molecule has 3 amide bonds. The van der Waals surface area contributed by atoms with Crippen LogP contribution in [0, 0.1) is 5.82 Å². The van der Waals surface area contributed by atoms with Crippen molar-refractivity contribution in [1.29, 1.82) is 0 Å². The zero-order valence-electron chi connectivity index (χ0n) is 22.9. The largest absolute Gasteiger partial charge is 0.333 e. The first kappa shape index (κ1) is 30.1. The lowest BCUT2D eigenvalue weighted by atomic mass is 10.0. The molecule has 0 saturated carbocycles. The van der Waals surface area contributed by atoms with Crippen LogP contribution in [0.3, 0.4) is 0 Å². The number of hydrogen-bond donors (Lipinski definition) is 1. The third-order valence-corrected chi connectivity index (χ3v) is 7.58. The van der Waals surface area contributed by atoms with Crippen molar-refractivity contribution >= 4 is 63.2 Å². The third-order valence-electron chi connectivity index (χ3n) is 7.17. The van der Waals surface area contributed by atoms with Gasteiger partial charge in [0.1, 0.15) is 24.9 Å². The lowest BCUT2D eigenvalue weighted by molar-refractivity contribution is -0.143. The van der Waals surface area contributed by atoms with Gasteiger partial charge in [-0.2, -0.15) is 13.9 Å². The zero-order chi connectivity index (χ0) is 31.8. The highest BCUT2D eigenvalue weighted by atomic mass is 35.5. The lowest BCUT2D eigenvalue weighted by Gasteiger charge is -2.38. The van der Waals surface area contributed by atoms with Crippen LogP contribution in [-0.4, -0.2) is 66.5 Å². The van der Waals surface area contributed by atoms with E-state index in [0.29, 0.717) is 31.9 Å². The van der Waals surface area contributed by atoms with Gasteiger partial charge in [-0.05, 0) is 54.1 Å². The second-order valence-corrected chi connectivity index (χ2v) is 10.9. The minimum Gasteiger partial charge on any atom is -0.324 e. The van der Waals surface area contributed by atoms with Gasteiger partial charge in [0.05, 0.1) is 23.1 Å². The van der Waals surface area contributed by atoms with Crippen LogP contribution in [0.2, 0.25) is 10.2 Å². The van der Waals surface area contributed by atoms with Crippen molar-refractivity contribution < 1.29 is 27.6 Å². The number of benzene rings is 3. The maximum absolute atomic E-state index is 13.7. The Kier molecular flexibility index (Phi) is 8.16. The molecule has 1 N–H and O–H groups in total. The monoisotopic (exact) mass is 656 g/mol. The van der Waals surface area contributed by atoms with Gasteiger partial charge in [0.25, 0.3) is 0 Å². The predicted octanol–water partition coefficient (Wildman–Crippen LogP) is 4.88. The number of carbonyl (C=O) groups is 3. The van der Waals surface area contributed by atoms with Crippen molar-refractivity contribution in [1.82, 2.24) is 29.7 Å². The van der Waals surface area contributed by atoms with Gasteiger partial charge >= 0.3 is 6.55 Å². The number of nitrogens with zero attached hydrogens (tertiary/aromatic N) is 7. The smallest absolute Gasteiger partial charge is 0.324 e. The molecule has 1 aliphatic rings. The number of fused-ring (bicyclic) bond motifs is 1. The Morgan fingerprint density at radius 1 is 0.933 bits per heavy atom. The van der Waals surface area contributed by atoms with E-state index in [0.717, 1.165) is 11.1 Å². The normalized spacial score (nSPS) is 14.4. The van der Waals surface area contributed by atoms with E-state index in [1.54, 1.807) is 12.1 Å². The summed E-state index contributed by atoms with van der Waals surface area (Å²) in [5.74, 6) is -2.19. The summed E-state index contributed by atoms with van der Waals surface area (Å²) in [7, 11) is 0. The molecule has 3 aromatic carbocycles. The van der Waals surface area contributed by atoms with Crippen LogP contribution in [0.4, 0.5) is 24.5 Å². The van der Waals surface area contributed by atoms with Crippen LogP contribution in [0.15, 0.2) is 73.1 Å². The van der Waals surface area contributed by atoms with Crippen molar-refractivity contribution in [2.75, 3.05) is 23.3 Å². The minimum atomic E-state index is -2.84.